The number of rotatable bonds is 1. The standard InChI is InChI=1S/C20H27BrO2/c1-11-7-17-15-6-4-14(23-2)8-12(15)3-5-16(17)18-9-13(21)10-19(22)20(11)18/h4,6,8,11,13,16-20,22H,3,5,7,9-10H2,1-2H3/t11-,13+,16+,17+,18-,19+,20?/m0/s1. The van der Waals surface area contributed by atoms with Crippen molar-refractivity contribution in [3.8, 4) is 5.75 Å². The zero-order chi connectivity index (χ0) is 16.1. The summed E-state index contributed by atoms with van der Waals surface area (Å²) in [4.78, 5) is 0.488. The van der Waals surface area contributed by atoms with Crippen molar-refractivity contribution < 1.29 is 9.84 Å². The predicted molar refractivity (Wildman–Crippen MR) is 96.3 cm³/mol. The topological polar surface area (TPSA) is 29.5 Å². The molecule has 7 atom stereocenters. The molecule has 0 spiro atoms. The summed E-state index contributed by atoms with van der Waals surface area (Å²) in [5.74, 6) is 4.19. The van der Waals surface area contributed by atoms with E-state index in [0.717, 1.165) is 24.5 Å². The Morgan fingerprint density at radius 2 is 2.00 bits per heavy atom. The summed E-state index contributed by atoms with van der Waals surface area (Å²) in [6, 6.07) is 6.68. The highest BCUT2D eigenvalue weighted by atomic mass is 79.9. The molecule has 1 aromatic rings. The minimum absolute atomic E-state index is 0.119. The first-order chi connectivity index (χ1) is 11.1. The van der Waals surface area contributed by atoms with E-state index in [2.05, 4.69) is 41.1 Å². The molecule has 126 valence electrons. The van der Waals surface area contributed by atoms with Crippen molar-refractivity contribution in [2.45, 2.75) is 55.9 Å². The Hall–Kier alpha value is -0.540. The Morgan fingerprint density at radius 1 is 1.17 bits per heavy atom. The van der Waals surface area contributed by atoms with E-state index in [4.69, 9.17) is 4.74 Å². The molecule has 0 saturated heterocycles. The van der Waals surface area contributed by atoms with Gasteiger partial charge in [-0.15, -0.1) is 0 Å². The van der Waals surface area contributed by atoms with Crippen LogP contribution >= 0.6 is 15.9 Å². The number of benzene rings is 1. The average molecular weight is 379 g/mol. The Kier molecular flexibility index (Phi) is 4.21. The van der Waals surface area contributed by atoms with Crippen LogP contribution < -0.4 is 4.74 Å². The molecule has 0 aromatic heterocycles. The lowest BCUT2D eigenvalue weighted by molar-refractivity contribution is -0.0534. The van der Waals surface area contributed by atoms with Crippen molar-refractivity contribution >= 4 is 15.9 Å². The summed E-state index contributed by atoms with van der Waals surface area (Å²) in [5, 5.41) is 10.7. The van der Waals surface area contributed by atoms with Crippen molar-refractivity contribution in [3.05, 3.63) is 29.3 Å². The molecule has 0 heterocycles. The largest absolute Gasteiger partial charge is 0.497 e. The van der Waals surface area contributed by atoms with Gasteiger partial charge >= 0.3 is 0 Å². The number of ether oxygens (including phenoxy) is 1. The van der Waals surface area contributed by atoms with Crippen LogP contribution in [0.15, 0.2) is 18.2 Å². The molecule has 2 nitrogen and oxygen atoms in total. The van der Waals surface area contributed by atoms with Crippen LogP contribution in [-0.2, 0) is 6.42 Å². The van der Waals surface area contributed by atoms with Crippen molar-refractivity contribution in [1.29, 1.82) is 0 Å². The molecule has 1 N–H and O–H groups in total. The highest BCUT2D eigenvalue weighted by Gasteiger charge is 2.50. The number of aryl methyl sites for hydroxylation is 1. The second kappa shape index (κ2) is 6.07. The fourth-order valence-electron chi connectivity index (χ4n) is 5.93. The third kappa shape index (κ3) is 2.64. The van der Waals surface area contributed by atoms with Crippen LogP contribution in [0.5, 0.6) is 5.75 Å². The Morgan fingerprint density at radius 3 is 2.78 bits per heavy atom. The van der Waals surface area contributed by atoms with Gasteiger partial charge in [0.2, 0.25) is 0 Å². The molecule has 23 heavy (non-hydrogen) atoms. The van der Waals surface area contributed by atoms with E-state index in [0.29, 0.717) is 28.5 Å². The van der Waals surface area contributed by atoms with Gasteiger partial charge in [-0.2, -0.15) is 0 Å². The van der Waals surface area contributed by atoms with Gasteiger partial charge in [0.25, 0.3) is 0 Å². The molecule has 0 bridgehead atoms. The Labute approximate surface area is 147 Å². The summed E-state index contributed by atoms with van der Waals surface area (Å²) < 4.78 is 5.41. The van der Waals surface area contributed by atoms with E-state index in [1.165, 1.54) is 24.8 Å². The van der Waals surface area contributed by atoms with E-state index in [9.17, 15) is 5.11 Å². The number of aliphatic hydroxyl groups is 1. The van der Waals surface area contributed by atoms with Gasteiger partial charge < -0.3 is 9.84 Å². The molecule has 0 aliphatic heterocycles. The van der Waals surface area contributed by atoms with Gasteiger partial charge in [-0.05, 0) is 85.0 Å². The van der Waals surface area contributed by atoms with Crippen molar-refractivity contribution in [2.24, 2.45) is 23.7 Å². The van der Waals surface area contributed by atoms with Gasteiger partial charge in [-0.25, -0.2) is 0 Å². The van der Waals surface area contributed by atoms with E-state index in [1.807, 2.05) is 0 Å². The first-order valence-electron chi connectivity index (χ1n) is 9.07. The maximum absolute atomic E-state index is 10.7. The molecule has 2 saturated carbocycles. The van der Waals surface area contributed by atoms with Crippen LogP contribution in [0.2, 0.25) is 0 Å². The molecule has 2 fully saturated rings. The summed E-state index contributed by atoms with van der Waals surface area (Å²) in [7, 11) is 1.75. The van der Waals surface area contributed by atoms with Gasteiger partial charge in [0.05, 0.1) is 13.2 Å². The van der Waals surface area contributed by atoms with Crippen LogP contribution in [0.4, 0.5) is 0 Å². The lowest BCUT2D eigenvalue weighted by Gasteiger charge is -2.53. The molecule has 1 aromatic carbocycles. The van der Waals surface area contributed by atoms with E-state index in [1.54, 1.807) is 12.7 Å². The van der Waals surface area contributed by atoms with E-state index in [-0.39, 0.29) is 6.10 Å². The van der Waals surface area contributed by atoms with Gasteiger partial charge in [-0.1, -0.05) is 28.9 Å². The third-order valence-corrected chi connectivity index (χ3v) is 7.56. The summed E-state index contributed by atoms with van der Waals surface area (Å²) >= 11 is 3.80. The van der Waals surface area contributed by atoms with Gasteiger partial charge in [0, 0.05) is 4.83 Å². The second-order valence-corrected chi connectivity index (χ2v) is 9.26. The SMILES string of the molecule is COc1ccc2c(c1)CC[C@@H]1[C@@H]2C[C@H](C)C2[C@H](O)C[C@H](Br)C[C@H]21. The highest BCUT2D eigenvalue weighted by Crippen LogP contribution is 2.56. The fourth-order valence-corrected chi connectivity index (χ4v) is 6.74. The average Bonchev–Trinajstić information content (AvgIpc) is 2.53. The molecule has 3 aliphatic carbocycles. The molecule has 4 rings (SSSR count). The minimum atomic E-state index is -0.119. The normalized spacial score (nSPS) is 42.3. The fraction of sp³-hybridized carbons (Fsp3) is 0.700. The number of halogens is 1. The maximum Gasteiger partial charge on any atom is 0.119 e. The molecule has 1 unspecified atom stereocenters. The van der Waals surface area contributed by atoms with Crippen LogP contribution in [0.25, 0.3) is 0 Å². The predicted octanol–water partition coefficient (Wildman–Crippen LogP) is 4.53. The van der Waals surface area contributed by atoms with Crippen LogP contribution in [0.3, 0.4) is 0 Å². The quantitative estimate of drug-likeness (QED) is 0.727. The van der Waals surface area contributed by atoms with Gasteiger partial charge in [0.15, 0.2) is 0 Å². The van der Waals surface area contributed by atoms with E-state index >= 15 is 0 Å². The number of alkyl halides is 1. The Bertz CT molecular complexity index is 587. The van der Waals surface area contributed by atoms with Gasteiger partial charge in [0.1, 0.15) is 5.75 Å². The minimum Gasteiger partial charge on any atom is -0.497 e. The van der Waals surface area contributed by atoms with Crippen molar-refractivity contribution in [3.63, 3.8) is 0 Å². The molecule has 0 amide bonds. The number of hydrogen-bond acceptors (Lipinski definition) is 2. The lowest BCUT2D eigenvalue weighted by atomic mass is 9.53. The first-order valence-corrected chi connectivity index (χ1v) is 9.99. The molecule has 3 aliphatic rings. The molecule has 0 radical (unpaired) electrons. The molecular weight excluding hydrogens is 352 g/mol. The van der Waals surface area contributed by atoms with Crippen molar-refractivity contribution in [2.75, 3.05) is 7.11 Å². The van der Waals surface area contributed by atoms with Crippen LogP contribution in [0, 0.1) is 23.7 Å². The number of fused-ring (bicyclic) bond motifs is 5. The highest BCUT2D eigenvalue weighted by molar-refractivity contribution is 9.09. The second-order valence-electron chi connectivity index (χ2n) is 7.96. The lowest BCUT2D eigenvalue weighted by Crippen LogP contribution is -2.49. The van der Waals surface area contributed by atoms with E-state index < -0.39 is 0 Å². The Balaban J connectivity index is 1.68. The smallest absolute Gasteiger partial charge is 0.119 e. The maximum atomic E-state index is 10.7. The van der Waals surface area contributed by atoms with Crippen LogP contribution in [-0.4, -0.2) is 23.1 Å². The van der Waals surface area contributed by atoms with Gasteiger partial charge in [-0.3, -0.25) is 0 Å². The number of aliphatic hydroxyl groups excluding tert-OH is 1. The van der Waals surface area contributed by atoms with Crippen molar-refractivity contribution in [1.82, 2.24) is 0 Å². The molecule has 3 heteroatoms. The number of methoxy groups -OCH3 is 1. The number of hydrogen-bond donors (Lipinski definition) is 1. The zero-order valence-corrected chi connectivity index (χ0v) is 15.6. The summed E-state index contributed by atoms with van der Waals surface area (Å²) in [6.07, 6.45) is 5.70. The first kappa shape index (κ1) is 16.0. The summed E-state index contributed by atoms with van der Waals surface area (Å²) in [6.45, 7) is 2.36. The molecular formula is C20H27BrO2. The third-order valence-electron chi connectivity index (χ3n) is 6.81. The zero-order valence-electron chi connectivity index (χ0n) is 14.0. The van der Waals surface area contributed by atoms with Crippen LogP contribution in [0.1, 0.15) is 49.7 Å². The monoisotopic (exact) mass is 378 g/mol. The summed E-state index contributed by atoms with van der Waals surface area (Å²) in [5.41, 5.74) is 3.04.